The second kappa shape index (κ2) is 10.9. The minimum atomic E-state index is -0.00734. The number of aliphatic imine (C=N–C) groups is 1. The summed E-state index contributed by atoms with van der Waals surface area (Å²) in [5.74, 6) is 0.684. The average Bonchev–Trinajstić information content (AvgIpc) is 2.56. The lowest BCUT2D eigenvalue weighted by atomic mass is 10.1. The highest BCUT2D eigenvalue weighted by molar-refractivity contribution is 7.99. The molecular formula is C17H28N4OS. The van der Waals surface area contributed by atoms with E-state index in [2.05, 4.69) is 40.9 Å². The molecule has 0 bridgehead atoms. The lowest BCUT2D eigenvalue weighted by Gasteiger charge is -2.16. The van der Waals surface area contributed by atoms with Gasteiger partial charge in [0.25, 0.3) is 0 Å². The number of guanidine groups is 1. The van der Waals surface area contributed by atoms with Crippen molar-refractivity contribution in [1.29, 1.82) is 0 Å². The van der Waals surface area contributed by atoms with E-state index < -0.39 is 0 Å². The standard InChI is InChI=1S/C17H28N4OS/c1-14(23-4)12-19-17(20-13-16(22)21(2)3)18-11-10-15-8-6-5-7-9-15/h5-9,14H,10-13H2,1-4H3,(H2,18,19,20). The van der Waals surface area contributed by atoms with Crippen molar-refractivity contribution in [2.24, 2.45) is 4.99 Å². The smallest absolute Gasteiger partial charge is 0.243 e. The predicted molar refractivity (Wildman–Crippen MR) is 100 cm³/mol. The molecule has 1 unspecified atom stereocenters. The maximum Gasteiger partial charge on any atom is 0.243 e. The molecule has 0 aliphatic carbocycles. The first-order chi connectivity index (χ1) is 11.0. The number of nitrogens with zero attached hydrogens (tertiary/aromatic N) is 2. The SMILES string of the molecule is CSC(C)CNC(=NCC(=O)N(C)C)NCCc1ccccc1. The first-order valence-electron chi connectivity index (χ1n) is 7.82. The average molecular weight is 337 g/mol. The second-order valence-electron chi connectivity index (χ2n) is 5.54. The number of nitrogens with one attached hydrogen (secondary N) is 2. The molecule has 0 radical (unpaired) electrons. The van der Waals surface area contributed by atoms with E-state index in [-0.39, 0.29) is 12.5 Å². The Morgan fingerprint density at radius 3 is 2.57 bits per heavy atom. The van der Waals surface area contributed by atoms with E-state index >= 15 is 0 Å². The summed E-state index contributed by atoms with van der Waals surface area (Å²) in [5, 5.41) is 7.09. The number of amides is 1. The Bertz CT molecular complexity index is 491. The van der Waals surface area contributed by atoms with Crippen LogP contribution in [0.4, 0.5) is 0 Å². The molecular weight excluding hydrogens is 308 g/mol. The zero-order valence-corrected chi connectivity index (χ0v) is 15.3. The molecule has 6 heteroatoms. The Hall–Kier alpha value is -1.69. The molecule has 0 heterocycles. The summed E-state index contributed by atoms with van der Waals surface area (Å²) >= 11 is 1.80. The van der Waals surface area contributed by atoms with Gasteiger partial charge in [-0.25, -0.2) is 4.99 Å². The van der Waals surface area contributed by atoms with Crippen molar-refractivity contribution in [1.82, 2.24) is 15.5 Å². The third-order valence-corrected chi connectivity index (χ3v) is 4.35. The maximum absolute atomic E-state index is 11.7. The Morgan fingerprint density at radius 1 is 1.26 bits per heavy atom. The lowest BCUT2D eigenvalue weighted by Crippen LogP contribution is -2.41. The maximum atomic E-state index is 11.7. The van der Waals surface area contributed by atoms with Gasteiger partial charge in [0.2, 0.25) is 5.91 Å². The molecule has 0 aliphatic rings. The largest absolute Gasteiger partial charge is 0.356 e. The number of benzene rings is 1. The van der Waals surface area contributed by atoms with E-state index in [9.17, 15) is 4.79 Å². The minimum Gasteiger partial charge on any atom is -0.356 e. The van der Waals surface area contributed by atoms with Crippen LogP contribution in [0.15, 0.2) is 35.3 Å². The molecule has 0 saturated heterocycles. The van der Waals surface area contributed by atoms with Crippen LogP contribution in [-0.4, -0.2) is 62.0 Å². The zero-order valence-electron chi connectivity index (χ0n) is 14.5. The van der Waals surface area contributed by atoms with Crippen LogP contribution in [0, 0.1) is 0 Å². The number of hydrogen-bond acceptors (Lipinski definition) is 3. The first kappa shape index (κ1) is 19.4. The molecule has 0 spiro atoms. The number of rotatable bonds is 8. The van der Waals surface area contributed by atoms with Crippen LogP contribution in [0.3, 0.4) is 0 Å². The molecule has 0 fully saturated rings. The molecule has 0 aliphatic heterocycles. The monoisotopic (exact) mass is 336 g/mol. The summed E-state index contributed by atoms with van der Waals surface area (Å²) in [6.45, 7) is 3.90. The molecule has 1 rings (SSSR count). The van der Waals surface area contributed by atoms with Crippen molar-refractivity contribution in [3.05, 3.63) is 35.9 Å². The van der Waals surface area contributed by atoms with Gasteiger partial charge in [-0.1, -0.05) is 37.3 Å². The van der Waals surface area contributed by atoms with Crippen LogP contribution < -0.4 is 10.6 Å². The summed E-state index contributed by atoms with van der Waals surface area (Å²) in [4.78, 5) is 17.6. The van der Waals surface area contributed by atoms with Crippen molar-refractivity contribution in [3.63, 3.8) is 0 Å². The van der Waals surface area contributed by atoms with E-state index in [0.717, 1.165) is 19.5 Å². The molecule has 1 atom stereocenters. The number of thioether (sulfide) groups is 1. The molecule has 2 N–H and O–H groups in total. The minimum absolute atomic E-state index is 0.00734. The number of carbonyl (C=O) groups is 1. The molecule has 23 heavy (non-hydrogen) atoms. The first-order valence-corrected chi connectivity index (χ1v) is 9.10. The molecule has 1 aromatic rings. The van der Waals surface area contributed by atoms with Crippen LogP contribution in [-0.2, 0) is 11.2 Å². The summed E-state index contributed by atoms with van der Waals surface area (Å²) in [6.07, 6.45) is 3.00. The Morgan fingerprint density at radius 2 is 1.96 bits per heavy atom. The van der Waals surface area contributed by atoms with E-state index in [1.807, 2.05) is 18.2 Å². The fraction of sp³-hybridized carbons (Fsp3) is 0.529. The van der Waals surface area contributed by atoms with Crippen LogP contribution in [0.2, 0.25) is 0 Å². The zero-order chi connectivity index (χ0) is 17.1. The summed E-state index contributed by atoms with van der Waals surface area (Å²) < 4.78 is 0. The molecule has 128 valence electrons. The molecule has 1 aromatic carbocycles. The van der Waals surface area contributed by atoms with Gasteiger partial charge in [0.1, 0.15) is 6.54 Å². The van der Waals surface area contributed by atoms with Crippen LogP contribution in [0.1, 0.15) is 12.5 Å². The number of likely N-dealkylation sites (N-methyl/N-ethyl adjacent to an activating group) is 1. The molecule has 5 nitrogen and oxygen atoms in total. The van der Waals surface area contributed by atoms with Gasteiger partial charge in [0.05, 0.1) is 0 Å². The third kappa shape index (κ3) is 8.50. The van der Waals surface area contributed by atoms with Crippen molar-refractivity contribution < 1.29 is 4.79 Å². The van der Waals surface area contributed by atoms with E-state index in [4.69, 9.17) is 0 Å². The Balaban J connectivity index is 2.52. The van der Waals surface area contributed by atoms with Crippen LogP contribution in [0.25, 0.3) is 0 Å². The Kier molecular flexibility index (Phi) is 9.21. The highest BCUT2D eigenvalue weighted by Crippen LogP contribution is 2.02. The predicted octanol–water partition coefficient (Wildman–Crippen LogP) is 1.60. The normalized spacial score (nSPS) is 12.6. The highest BCUT2D eigenvalue weighted by atomic mass is 32.2. The van der Waals surface area contributed by atoms with E-state index in [1.165, 1.54) is 5.56 Å². The second-order valence-corrected chi connectivity index (χ2v) is 6.82. The van der Waals surface area contributed by atoms with Gasteiger partial charge in [-0.2, -0.15) is 11.8 Å². The van der Waals surface area contributed by atoms with Gasteiger partial charge in [0.15, 0.2) is 5.96 Å². The molecule has 0 aromatic heterocycles. The van der Waals surface area contributed by atoms with Crippen molar-refractivity contribution in [3.8, 4) is 0 Å². The van der Waals surface area contributed by atoms with Gasteiger partial charge in [-0.3, -0.25) is 4.79 Å². The van der Waals surface area contributed by atoms with Gasteiger partial charge >= 0.3 is 0 Å². The van der Waals surface area contributed by atoms with E-state index in [0.29, 0.717) is 11.2 Å². The van der Waals surface area contributed by atoms with Crippen molar-refractivity contribution in [2.45, 2.75) is 18.6 Å². The lowest BCUT2D eigenvalue weighted by molar-refractivity contribution is -0.127. The van der Waals surface area contributed by atoms with Crippen LogP contribution in [0.5, 0.6) is 0 Å². The van der Waals surface area contributed by atoms with Crippen molar-refractivity contribution >= 4 is 23.6 Å². The van der Waals surface area contributed by atoms with Gasteiger partial charge < -0.3 is 15.5 Å². The molecule has 0 saturated carbocycles. The topological polar surface area (TPSA) is 56.7 Å². The summed E-state index contributed by atoms with van der Waals surface area (Å²) in [6, 6.07) is 10.3. The molecule has 1 amide bonds. The number of carbonyl (C=O) groups excluding carboxylic acids is 1. The van der Waals surface area contributed by atoms with Gasteiger partial charge in [-0.05, 0) is 18.2 Å². The fourth-order valence-corrected chi connectivity index (χ4v) is 2.01. The quantitative estimate of drug-likeness (QED) is 0.559. The summed E-state index contributed by atoms with van der Waals surface area (Å²) in [5.41, 5.74) is 1.28. The Labute approximate surface area is 143 Å². The van der Waals surface area contributed by atoms with Crippen LogP contribution >= 0.6 is 11.8 Å². The van der Waals surface area contributed by atoms with Crippen molar-refractivity contribution in [2.75, 3.05) is 40.0 Å². The van der Waals surface area contributed by atoms with Gasteiger partial charge in [-0.15, -0.1) is 0 Å². The highest BCUT2D eigenvalue weighted by Gasteiger charge is 2.06. The number of hydrogen-bond donors (Lipinski definition) is 2. The summed E-state index contributed by atoms with van der Waals surface area (Å²) in [7, 11) is 3.48. The van der Waals surface area contributed by atoms with Gasteiger partial charge in [0, 0.05) is 32.4 Å². The third-order valence-electron chi connectivity index (χ3n) is 3.38. The fourth-order valence-electron chi connectivity index (χ4n) is 1.76. The van der Waals surface area contributed by atoms with E-state index in [1.54, 1.807) is 30.8 Å².